The lowest BCUT2D eigenvalue weighted by Gasteiger charge is -2.25. The summed E-state index contributed by atoms with van der Waals surface area (Å²) in [5.74, 6) is 0.535. The number of nitrogens with one attached hydrogen (secondary N) is 2. The lowest BCUT2D eigenvalue weighted by molar-refractivity contribution is 0.0956. The van der Waals surface area contributed by atoms with Crippen LogP contribution in [0.4, 0.5) is 0 Å². The molecule has 1 aromatic carbocycles. The third-order valence-electron chi connectivity index (χ3n) is 4.78. The van der Waals surface area contributed by atoms with Gasteiger partial charge in [-0.05, 0) is 37.3 Å². The zero-order chi connectivity index (χ0) is 17.8. The van der Waals surface area contributed by atoms with Crippen LogP contribution in [0.2, 0.25) is 0 Å². The summed E-state index contributed by atoms with van der Waals surface area (Å²) in [7, 11) is 1.67. The number of amides is 1. The van der Waals surface area contributed by atoms with Gasteiger partial charge in [0.05, 0.1) is 6.54 Å². The standard InChI is InChI=1S/C20H28N4O/c1-14(2)12-22-16-9-10-18-17(11-16)19(20(25)21-3)23-24(18)13-15-7-5-4-6-8-15/h4-8,14,16,22H,9-13H2,1-3H3,(H,21,25). The van der Waals surface area contributed by atoms with Gasteiger partial charge in [0.1, 0.15) is 0 Å². The Labute approximate surface area is 149 Å². The van der Waals surface area contributed by atoms with Gasteiger partial charge in [0.25, 0.3) is 5.91 Å². The Kier molecular flexibility index (Phi) is 5.53. The first-order valence-electron chi connectivity index (χ1n) is 9.16. The zero-order valence-corrected chi connectivity index (χ0v) is 15.4. The molecule has 5 heteroatoms. The molecule has 3 rings (SSSR count). The Balaban J connectivity index is 1.86. The summed E-state index contributed by atoms with van der Waals surface area (Å²) < 4.78 is 2.02. The summed E-state index contributed by atoms with van der Waals surface area (Å²) >= 11 is 0. The first-order valence-corrected chi connectivity index (χ1v) is 9.16. The molecule has 1 aliphatic rings. The van der Waals surface area contributed by atoms with Crippen molar-refractivity contribution >= 4 is 5.91 Å². The van der Waals surface area contributed by atoms with E-state index in [4.69, 9.17) is 0 Å². The largest absolute Gasteiger partial charge is 0.354 e. The predicted molar refractivity (Wildman–Crippen MR) is 99.8 cm³/mol. The molecule has 1 aliphatic carbocycles. The molecule has 0 bridgehead atoms. The number of hydrogen-bond acceptors (Lipinski definition) is 3. The number of aromatic nitrogens is 2. The Bertz CT molecular complexity index is 721. The molecule has 0 saturated carbocycles. The third kappa shape index (κ3) is 4.10. The van der Waals surface area contributed by atoms with Crippen LogP contribution in [0.15, 0.2) is 30.3 Å². The highest BCUT2D eigenvalue weighted by molar-refractivity contribution is 5.93. The van der Waals surface area contributed by atoms with E-state index in [1.54, 1.807) is 7.05 Å². The fourth-order valence-electron chi connectivity index (χ4n) is 3.45. The monoisotopic (exact) mass is 340 g/mol. The van der Waals surface area contributed by atoms with Crippen molar-refractivity contribution in [1.29, 1.82) is 0 Å². The number of nitrogens with zero attached hydrogens (tertiary/aromatic N) is 2. The molecule has 1 unspecified atom stereocenters. The van der Waals surface area contributed by atoms with Crippen molar-refractivity contribution in [2.75, 3.05) is 13.6 Å². The fourth-order valence-corrected chi connectivity index (χ4v) is 3.45. The molecule has 0 fully saturated rings. The highest BCUT2D eigenvalue weighted by atomic mass is 16.1. The van der Waals surface area contributed by atoms with E-state index in [0.29, 0.717) is 24.2 Å². The van der Waals surface area contributed by atoms with Crippen LogP contribution in [0, 0.1) is 5.92 Å². The van der Waals surface area contributed by atoms with Crippen molar-refractivity contribution in [3.05, 3.63) is 52.8 Å². The van der Waals surface area contributed by atoms with E-state index >= 15 is 0 Å². The first-order chi connectivity index (χ1) is 12.1. The van der Waals surface area contributed by atoms with Crippen molar-refractivity contribution in [3.8, 4) is 0 Å². The van der Waals surface area contributed by atoms with Gasteiger partial charge < -0.3 is 10.6 Å². The molecule has 1 aromatic heterocycles. The van der Waals surface area contributed by atoms with Gasteiger partial charge in [-0.15, -0.1) is 0 Å². The Morgan fingerprint density at radius 1 is 1.32 bits per heavy atom. The van der Waals surface area contributed by atoms with E-state index in [1.165, 1.54) is 11.3 Å². The van der Waals surface area contributed by atoms with Gasteiger partial charge in [0.2, 0.25) is 0 Å². The smallest absolute Gasteiger partial charge is 0.271 e. The summed E-state index contributed by atoms with van der Waals surface area (Å²) in [4.78, 5) is 12.3. The van der Waals surface area contributed by atoms with Gasteiger partial charge >= 0.3 is 0 Å². The average molecular weight is 340 g/mol. The molecule has 0 saturated heterocycles. The highest BCUT2D eigenvalue weighted by Crippen LogP contribution is 2.26. The predicted octanol–water partition coefficient (Wildman–Crippen LogP) is 2.39. The lowest BCUT2D eigenvalue weighted by Crippen LogP contribution is -2.37. The Morgan fingerprint density at radius 3 is 2.76 bits per heavy atom. The molecule has 0 aliphatic heterocycles. The van der Waals surface area contributed by atoms with Crippen molar-refractivity contribution in [2.45, 2.75) is 45.7 Å². The Hall–Kier alpha value is -2.14. The maximum atomic E-state index is 12.3. The number of fused-ring (bicyclic) bond motifs is 1. The third-order valence-corrected chi connectivity index (χ3v) is 4.78. The van der Waals surface area contributed by atoms with E-state index < -0.39 is 0 Å². The second kappa shape index (κ2) is 7.83. The maximum Gasteiger partial charge on any atom is 0.271 e. The van der Waals surface area contributed by atoms with Crippen molar-refractivity contribution < 1.29 is 4.79 Å². The minimum absolute atomic E-state index is 0.0902. The molecular weight excluding hydrogens is 312 g/mol. The van der Waals surface area contributed by atoms with Crippen LogP contribution < -0.4 is 10.6 Å². The maximum absolute atomic E-state index is 12.3. The minimum atomic E-state index is -0.0902. The SMILES string of the molecule is CNC(=O)c1nn(Cc2ccccc2)c2c1CC(NCC(C)C)CC2. The normalized spacial score (nSPS) is 16.7. The molecule has 5 nitrogen and oxygen atoms in total. The van der Waals surface area contributed by atoms with Crippen LogP contribution in [-0.4, -0.2) is 35.3 Å². The fraction of sp³-hybridized carbons (Fsp3) is 0.500. The number of carbonyl (C=O) groups is 1. The van der Waals surface area contributed by atoms with E-state index in [2.05, 4.69) is 41.7 Å². The molecule has 0 spiro atoms. The van der Waals surface area contributed by atoms with Gasteiger partial charge in [-0.25, -0.2) is 0 Å². The number of hydrogen-bond donors (Lipinski definition) is 2. The van der Waals surface area contributed by atoms with Crippen LogP contribution in [0.25, 0.3) is 0 Å². The summed E-state index contributed by atoms with van der Waals surface area (Å²) in [6.45, 7) is 6.15. The van der Waals surface area contributed by atoms with Crippen molar-refractivity contribution in [3.63, 3.8) is 0 Å². The molecule has 1 amide bonds. The molecule has 134 valence electrons. The van der Waals surface area contributed by atoms with Crippen LogP contribution in [0.3, 0.4) is 0 Å². The van der Waals surface area contributed by atoms with Gasteiger partial charge in [-0.3, -0.25) is 9.48 Å². The number of carbonyl (C=O) groups excluding carboxylic acids is 1. The zero-order valence-electron chi connectivity index (χ0n) is 15.4. The highest BCUT2D eigenvalue weighted by Gasteiger charge is 2.28. The quantitative estimate of drug-likeness (QED) is 0.849. The van der Waals surface area contributed by atoms with Crippen LogP contribution in [0.5, 0.6) is 0 Å². The van der Waals surface area contributed by atoms with Crippen LogP contribution >= 0.6 is 0 Å². The molecule has 25 heavy (non-hydrogen) atoms. The van der Waals surface area contributed by atoms with Gasteiger partial charge in [0, 0.05) is 24.3 Å². The van der Waals surface area contributed by atoms with E-state index in [1.807, 2.05) is 22.9 Å². The summed E-state index contributed by atoms with van der Waals surface area (Å²) in [6, 6.07) is 10.7. The van der Waals surface area contributed by atoms with Crippen LogP contribution in [-0.2, 0) is 19.4 Å². The van der Waals surface area contributed by atoms with Crippen molar-refractivity contribution in [2.24, 2.45) is 5.92 Å². The Morgan fingerprint density at radius 2 is 2.08 bits per heavy atom. The number of benzene rings is 1. The number of rotatable bonds is 6. The van der Waals surface area contributed by atoms with Crippen LogP contribution in [0.1, 0.15) is 47.6 Å². The summed E-state index contributed by atoms with van der Waals surface area (Å²) in [5, 5.41) is 11.0. The lowest BCUT2D eigenvalue weighted by atomic mass is 9.91. The summed E-state index contributed by atoms with van der Waals surface area (Å²) in [5.41, 5.74) is 4.12. The topological polar surface area (TPSA) is 59.0 Å². The molecular formula is C20H28N4O. The molecule has 1 heterocycles. The molecule has 0 radical (unpaired) electrons. The van der Waals surface area contributed by atoms with E-state index in [0.717, 1.165) is 31.4 Å². The second-order valence-electron chi connectivity index (χ2n) is 7.24. The van der Waals surface area contributed by atoms with Gasteiger partial charge in [0.15, 0.2) is 5.69 Å². The first kappa shape index (κ1) is 17.7. The minimum Gasteiger partial charge on any atom is -0.354 e. The van der Waals surface area contributed by atoms with Gasteiger partial charge in [-0.2, -0.15) is 5.10 Å². The molecule has 1 atom stereocenters. The van der Waals surface area contributed by atoms with Crippen molar-refractivity contribution in [1.82, 2.24) is 20.4 Å². The van der Waals surface area contributed by atoms with E-state index in [-0.39, 0.29) is 5.91 Å². The average Bonchev–Trinajstić information content (AvgIpc) is 2.98. The molecule has 2 aromatic rings. The second-order valence-corrected chi connectivity index (χ2v) is 7.24. The van der Waals surface area contributed by atoms with E-state index in [9.17, 15) is 4.79 Å². The summed E-state index contributed by atoms with van der Waals surface area (Å²) in [6.07, 6.45) is 2.93. The molecule has 2 N–H and O–H groups in total. The van der Waals surface area contributed by atoms with Gasteiger partial charge in [-0.1, -0.05) is 44.2 Å².